The minimum atomic E-state index is -3.44. The highest BCUT2D eigenvalue weighted by atomic mass is 32.2. The lowest BCUT2D eigenvalue weighted by Crippen LogP contribution is -2.53. The minimum absolute atomic E-state index is 0.334. The molecule has 2 rings (SSSR count). The molecule has 1 atom stereocenters. The molecule has 1 heterocycles. The number of carboxylic acid groups (broad SMARTS) is 1. The van der Waals surface area contributed by atoms with Gasteiger partial charge in [-0.25, -0.2) is 8.42 Å². The van der Waals surface area contributed by atoms with Gasteiger partial charge in [0.25, 0.3) is 0 Å². The van der Waals surface area contributed by atoms with Gasteiger partial charge in [-0.2, -0.15) is 16.1 Å². The predicted octanol–water partition coefficient (Wildman–Crippen LogP) is 1.15. The molecule has 0 amide bonds. The van der Waals surface area contributed by atoms with Crippen LogP contribution in [0.2, 0.25) is 0 Å². The van der Waals surface area contributed by atoms with E-state index < -0.39 is 22.0 Å². The third-order valence-electron chi connectivity index (χ3n) is 3.66. The Morgan fingerprint density at radius 1 is 1.22 bits per heavy atom. The molecule has 2 fully saturated rings. The second-order valence-corrected chi connectivity index (χ2v) is 8.16. The van der Waals surface area contributed by atoms with E-state index in [4.69, 9.17) is 5.11 Å². The van der Waals surface area contributed by atoms with Crippen molar-refractivity contribution >= 4 is 27.8 Å². The zero-order valence-corrected chi connectivity index (χ0v) is 11.9. The molecule has 104 valence electrons. The Hall–Kier alpha value is -0.270. The Kier molecular flexibility index (Phi) is 4.55. The van der Waals surface area contributed by atoms with Gasteiger partial charge in [0.05, 0.1) is 5.25 Å². The van der Waals surface area contributed by atoms with Crippen molar-refractivity contribution in [1.29, 1.82) is 0 Å². The van der Waals surface area contributed by atoms with E-state index in [0.717, 1.165) is 19.3 Å². The van der Waals surface area contributed by atoms with E-state index in [1.165, 1.54) is 16.1 Å². The first-order valence-electron chi connectivity index (χ1n) is 6.34. The van der Waals surface area contributed by atoms with Crippen LogP contribution in [0.1, 0.15) is 32.1 Å². The molecule has 1 aliphatic heterocycles. The third kappa shape index (κ3) is 2.83. The molecule has 0 spiro atoms. The van der Waals surface area contributed by atoms with Crippen molar-refractivity contribution in [1.82, 2.24) is 4.31 Å². The number of hydrogen-bond donors (Lipinski definition) is 1. The van der Waals surface area contributed by atoms with Gasteiger partial charge in [-0.1, -0.05) is 19.3 Å². The number of thioether (sulfide) groups is 1. The molecule has 1 saturated carbocycles. The summed E-state index contributed by atoms with van der Waals surface area (Å²) in [5.41, 5.74) is 0. The maximum atomic E-state index is 12.5. The Morgan fingerprint density at radius 3 is 2.50 bits per heavy atom. The van der Waals surface area contributed by atoms with Crippen LogP contribution in [0.5, 0.6) is 0 Å². The van der Waals surface area contributed by atoms with E-state index >= 15 is 0 Å². The van der Waals surface area contributed by atoms with Crippen molar-refractivity contribution < 1.29 is 18.3 Å². The van der Waals surface area contributed by atoms with Crippen molar-refractivity contribution in [2.45, 2.75) is 43.4 Å². The Morgan fingerprint density at radius 2 is 1.89 bits per heavy atom. The van der Waals surface area contributed by atoms with Crippen LogP contribution < -0.4 is 0 Å². The summed E-state index contributed by atoms with van der Waals surface area (Å²) in [5, 5.41) is 8.79. The normalized spacial score (nSPS) is 28.1. The van der Waals surface area contributed by atoms with E-state index in [9.17, 15) is 13.2 Å². The minimum Gasteiger partial charge on any atom is -0.480 e. The standard InChI is InChI=1S/C11H19NO4S2/c13-11(14)10-8-17-7-6-12(10)18(15,16)9-4-2-1-3-5-9/h9-10H,1-8H2,(H,13,14). The molecule has 2 aliphatic rings. The van der Waals surface area contributed by atoms with Crippen LogP contribution in [0.15, 0.2) is 0 Å². The van der Waals surface area contributed by atoms with Crippen molar-refractivity contribution in [2.24, 2.45) is 0 Å². The molecule has 5 nitrogen and oxygen atoms in total. The molecule has 0 aromatic carbocycles. The lowest BCUT2D eigenvalue weighted by atomic mass is 10.0. The summed E-state index contributed by atoms with van der Waals surface area (Å²) in [6.45, 7) is 0.334. The van der Waals surface area contributed by atoms with Gasteiger partial charge in [0, 0.05) is 18.1 Å². The van der Waals surface area contributed by atoms with Crippen molar-refractivity contribution in [3.05, 3.63) is 0 Å². The molecular weight excluding hydrogens is 274 g/mol. The summed E-state index contributed by atoms with van der Waals surface area (Å²) in [5.74, 6) is 0.0263. The Labute approximate surface area is 112 Å². The predicted molar refractivity (Wildman–Crippen MR) is 71.2 cm³/mol. The van der Waals surface area contributed by atoms with Crippen molar-refractivity contribution in [3.8, 4) is 0 Å². The highest BCUT2D eigenvalue weighted by Gasteiger charge is 2.41. The molecule has 0 aromatic heterocycles. The second kappa shape index (κ2) is 5.79. The lowest BCUT2D eigenvalue weighted by molar-refractivity contribution is -0.140. The lowest BCUT2D eigenvalue weighted by Gasteiger charge is -2.35. The van der Waals surface area contributed by atoms with Gasteiger partial charge in [-0.05, 0) is 12.8 Å². The smallest absolute Gasteiger partial charge is 0.322 e. The highest BCUT2D eigenvalue weighted by molar-refractivity contribution is 7.99. The van der Waals surface area contributed by atoms with Gasteiger partial charge in [0.15, 0.2) is 0 Å². The molecule has 1 unspecified atom stereocenters. The summed E-state index contributed by atoms with van der Waals surface area (Å²) >= 11 is 1.51. The van der Waals surface area contributed by atoms with Crippen LogP contribution in [-0.2, 0) is 14.8 Å². The summed E-state index contributed by atoms with van der Waals surface area (Å²) in [7, 11) is -3.44. The van der Waals surface area contributed by atoms with Crippen LogP contribution in [0.25, 0.3) is 0 Å². The first-order chi connectivity index (χ1) is 8.53. The molecule has 1 saturated heterocycles. The van der Waals surface area contributed by atoms with E-state index in [1.807, 2.05) is 0 Å². The molecule has 7 heteroatoms. The van der Waals surface area contributed by atoms with Gasteiger partial charge >= 0.3 is 5.97 Å². The monoisotopic (exact) mass is 293 g/mol. The van der Waals surface area contributed by atoms with Crippen molar-refractivity contribution in [2.75, 3.05) is 18.1 Å². The molecule has 0 bridgehead atoms. The first-order valence-corrected chi connectivity index (χ1v) is 9.00. The number of nitrogens with zero attached hydrogens (tertiary/aromatic N) is 1. The average Bonchev–Trinajstić information content (AvgIpc) is 2.39. The van der Waals surface area contributed by atoms with E-state index in [1.54, 1.807) is 0 Å². The molecule has 0 aromatic rings. The molecule has 18 heavy (non-hydrogen) atoms. The number of hydrogen-bond acceptors (Lipinski definition) is 4. The quantitative estimate of drug-likeness (QED) is 0.845. The van der Waals surface area contributed by atoms with Gasteiger partial charge in [0.1, 0.15) is 6.04 Å². The van der Waals surface area contributed by atoms with Crippen LogP contribution >= 0.6 is 11.8 Å². The van der Waals surface area contributed by atoms with Gasteiger partial charge < -0.3 is 5.11 Å². The van der Waals surface area contributed by atoms with Crippen LogP contribution in [0.4, 0.5) is 0 Å². The second-order valence-electron chi connectivity index (χ2n) is 4.84. The number of sulfonamides is 1. The molecular formula is C11H19NO4S2. The summed E-state index contributed by atoms with van der Waals surface area (Å²) < 4.78 is 26.3. The van der Waals surface area contributed by atoms with Gasteiger partial charge in [-0.15, -0.1) is 0 Å². The summed E-state index contributed by atoms with van der Waals surface area (Å²) in [6.07, 6.45) is 4.31. The van der Waals surface area contributed by atoms with Crippen LogP contribution in [0, 0.1) is 0 Å². The largest absolute Gasteiger partial charge is 0.480 e. The fraction of sp³-hybridized carbons (Fsp3) is 0.909. The first kappa shape index (κ1) is 14.1. The topological polar surface area (TPSA) is 74.7 Å². The van der Waals surface area contributed by atoms with Crippen LogP contribution in [-0.4, -0.2) is 53.1 Å². The maximum absolute atomic E-state index is 12.5. The molecule has 1 N–H and O–H groups in total. The Bertz CT molecular complexity index is 403. The van der Waals surface area contributed by atoms with E-state index in [-0.39, 0.29) is 5.25 Å². The van der Waals surface area contributed by atoms with Gasteiger partial charge in [0.2, 0.25) is 10.0 Å². The molecule has 1 aliphatic carbocycles. The van der Waals surface area contributed by atoms with Gasteiger partial charge in [-0.3, -0.25) is 4.79 Å². The van der Waals surface area contributed by atoms with E-state index in [0.29, 0.717) is 30.9 Å². The van der Waals surface area contributed by atoms with Crippen molar-refractivity contribution in [3.63, 3.8) is 0 Å². The molecule has 0 radical (unpaired) electrons. The Balaban J connectivity index is 2.18. The number of rotatable bonds is 3. The summed E-state index contributed by atoms with van der Waals surface area (Å²) in [4.78, 5) is 11.2. The zero-order valence-electron chi connectivity index (χ0n) is 10.2. The number of aliphatic carboxylic acids is 1. The highest BCUT2D eigenvalue weighted by Crippen LogP contribution is 2.29. The van der Waals surface area contributed by atoms with E-state index in [2.05, 4.69) is 0 Å². The number of carboxylic acids is 1. The zero-order chi connectivity index (χ0) is 13.2. The average molecular weight is 293 g/mol. The third-order valence-corrected chi connectivity index (χ3v) is 7.09. The number of carbonyl (C=O) groups is 1. The maximum Gasteiger partial charge on any atom is 0.322 e. The fourth-order valence-electron chi connectivity index (χ4n) is 2.64. The summed E-state index contributed by atoms with van der Waals surface area (Å²) in [6, 6.07) is -0.879. The van der Waals surface area contributed by atoms with Crippen LogP contribution in [0.3, 0.4) is 0 Å². The SMILES string of the molecule is O=C(O)C1CSCCN1S(=O)(=O)C1CCCCC1. The fourth-order valence-corrected chi connectivity index (χ4v) is 6.07.